The summed E-state index contributed by atoms with van der Waals surface area (Å²) in [6.07, 6.45) is 0.748. The van der Waals surface area contributed by atoms with Crippen LogP contribution in [0.2, 0.25) is 0 Å². The number of nitrogens with one attached hydrogen (secondary N) is 1. The predicted octanol–water partition coefficient (Wildman–Crippen LogP) is 3.64. The van der Waals surface area contributed by atoms with Crippen LogP contribution in [0.1, 0.15) is 29.8 Å². The van der Waals surface area contributed by atoms with Gasteiger partial charge in [0.2, 0.25) is 11.8 Å². The van der Waals surface area contributed by atoms with Gasteiger partial charge in [0, 0.05) is 23.2 Å². The van der Waals surface area contributed by atoms with Crippen LogP contribution in [0.4, 0.5) is 5.69 Å². The van der Waals surface area contributed by atoms with Gasteiger partial charge in [-0.15, -0.1) is 10.2 Å². The number of hydrogen-bond donors (Lipinski definition) is 1. The molecule has 0 radical (unpaired) electrons. The van der Waals surface area contributed by atoms with E-state index in [0.29, 0.717) is 18.3 Å². The zero-order valence-electron chi connectivity index (χ0n) is 12.9. The number of benzene rings is 2. The highest BCUT2D eigenvalue weighted by Gasteiger charge is 2.03. The molecule has 0 amide bonds. The molecule has 4 heteroatoms. The first-order valence-corrected chi connectivity index (χ1v) is 7.56. The van der Waals surface area contributed by atoms with Crippen molar-refractivity contribution in [3.8, 4) is 11.8 Å². The lowest BCUT2D eigenvalue weighted by atomic mass is 10.1. The van der Waals surface area contributed by atoms with Crippen molar-refractivity contribution in [1.29, 1.82) is 0 Å². The van der Waals surface area contributed by atoms with Crippen molar-refractivity contribution in [2.45, 2.75) is 19.9 Å². The Morgan fingerprint density at radius 2 is 1.65 bits per heavy atom. The first-order valence-electron chi connectivity index (χ1n) is 7.56. The summed E-state index contributed by atoms with van der Waals surface area (Å²) in [6.45, 7) is 2.49. The quantitative estimate of drug-likeness (QED) is 0.748. The molecule has 0 bridgehead atoms. The number of nitrogens with zero attached hydrogens (tertiary/aromatic N) is 2. The van der Waals surface area contributed by atoms with Gasteiger partial charge in [0.15, 0.2) is 0 Å². The Morgan fingerprint density at radius 3 is 2.43 bits per heavy atom. The molecule has 0 aliphatic rings. The summed E-state index contributed by atoms with van der Waals surface area (Å²) in [5.74, 6) is 7.57. The van der Waals surface area contributed by atoms with Crippen LogP contribution in [0, 0.1) is 11.8 Å². The Balaban J connectivity index is 1.66. The molecule has 0 aliphatic heterocycles. The third-order valence-electron chi connectivity index (χ3n) is 3.24. The number of rotatable bonds is 4. The SMILES string of the molecule is CCc1nnc(CNc2cccc(C#Cc3ccccc3)c2)o1. The van der Waals surface area contributed by atoms with Gasteiger partial charge in [-0.1, -0.05) is 43.0 Å². The van der Waals surface area contributed by atoms with Crippen molar-refractivity contribution in [3.63, 3.8) is 0 Å². The van der Waals surface area contributed by atoms with E-state index in [0.717, 1.165) is 23.2 Å². The van der Waals surface area contributed by atoms with Crippen LogP contribution in [0.25, 0.3) is 0 Å². The van der Waals surface area contributed by atoms with Crippen LogP contribution in [-0.2, 0) is 13.0 Å². The second kappa shape index (κ2) is 7.28. The highest BCUT2D eigenvalue weighted by Crippen LogP contribution is 2.12. The smallest absolute Gasteiger partial charge is 0.235 e. The van der Waals surface area contributed by atoms with E-state index >= 15 is 0 Å². The van der Waals surface area contributed by atoms with Gasteiger partial charge < -0.3 is 9.73 Å². The maximum absolute atomic E-state index is 5.48. The van der Waals surface area contributed by atoms with E-state index in [1.165, 1.54) is 0 Å². The van der Waals surface area contributed by atoms with Crippen LogP contribution in [0.5, 0.6) is 0 Å². The number of aromatic nitrogens is 2. The molecule has 0 fully saturated rings. The molecule has 4 nitrogen and oxygen atoms in total. The molecule has 0 spiro atoms. The average Bonchev–Trinajstić information content (AvgIpc) is 3.08. The maximum Gasteiger partial charge on any atom is 0.235 e. The number of anilines is 1. The molecule has 2 aromatic carbocycles. The zero-order valence-corrected chi connectivity index (χ0v) is 12.9. The molecule has 0 saturated heterocycles. The standard InChI is InChI=1S/C19H17N3O/c1-2-18-21-22-19(23-18)14-20-17-10-6-9-16(13-17)12-11-15-7-4-3-5-8-15/h3-10,13,20H,2,14H2,1H3. The number of aryl methyl sites for hydroxylation is 1. The largest absolute Gasteiger partial charge is 0.423 e. The van der Waals surface area contributed by atoms with Crippen molar-refractivity contribution in [3.05, 3.63) is 77.5 Å². The topological polar surface area (TPSA) is 51.0 Å². The minimum atomic E-state index is 0.503. The molecule has 1 N–H and O–H groups in total. The third-order valence-corrected chi connectivity index (χ3v) is 3.24. The lowest BCUT2D eigenvalue weighted by molar-refractivity contribution is 0.460. The van der Waals surface area contributed by atoms with Crippen molar-refractivity contribution in [1.82, 2.24) is 10.2 Å². The fourth-order valence-corrected chi connectivity index (χ4v) is 2.05. The van der Waals surface area contributed by atoms with Crippen molar-refractivity contribution in [2.75, 3.05) is 5.32 Å². The van der Waals surface area contributed by atoms with Crippen LogP contribution in [-0.4, -0.2) is 10.2 Å². The molecule has 0 aliphatic carbocycles. The van der Waals surface area contributed by atoms with Gasteiger partial charge in [-0.05, 0) is 30.3 Å². The Morgan fingerprint density at radius 1 is 0.913 bits per heavy atom. The normalized spacial score (nSPS) is 9.96. The molecule has 114 valence electrons. The van der Waals surface area contributed by atoms with Gasteiger partial charge in [-0.2, -0.15) is 0 Å². The van der Waals surface area contributed by atoms with Gasteiger partial charge in [0.05, 0.1) is 6.54 Å². The van der Waals surface area contributed by atoms with E-state index < -0.39 is 0 Å². The molecule has 1 aromatic heterocycles. The molecule has 3 rings (SSSR count). The van der Waals surface area contributed by atoms with Crippen LogP contribution < -0.4 is 5.32 Å². The zero-order chi connectivity index (χ0) is 15.9. The second-order valence-corrected chi connectivity index (χ2v) is 4.99. The Labute approximate surface area is 135 Å². The van der Waals surface area contributed by atoms with Gasteiger partial charge in [-0.25, -0.2) is 0 Å². The van der Waals surface area contributed by atoms with E-state index in [2.05, 4.69) is 27.4 Å². The second-order valence-electron chi connectivity index (χ2n) is 4.99. The first kappa shape index (κ1) is 14.9. The maximum atomic E-state index is 5.48. The highest BCUT2D eigenvalue weighted by molar-refractivity contribution is 5.52. The van der Waals surface area contributed by atoms with Gasteiger partial charge in [0.25, 0.3) is 0 Å². The van der Waals surface area contributed by atoms with Gasteiger partial charge in [-0.3, -0.25) is 0 Å². The summed E-state index contributed by atoms with van der Waals surface area (Å²) in [6, 6.07) is 17.9. The monoisotopic (exact) mass is 303 g/mol. The van der Waals surface area contributed by atoms with Crippen molar-refractivity contribution in [2.24, 2.45) is 0 Å². The van der Waals surface area contributed by atoms with E-state index in [1.807, 2.05) is 61.5 Å². The van der Waals surface area contributed by atoms with Crippen molar-refractivity contribution >= 4 is 5.69 Å². The third kappa shape index (κ3) is 4.21. The fourth-order valence-electron chi connectivity index (χ4n) is 2.05. The van der Waals surface area contributed by atoms with E-state index in [9.17, 15) is 0 Å². The number of hydrogen-bond acceptors (Lipinski definition) is 4. The minimum Gasteiger partial charge on any atom is -0.423 e. The molecule has 0 unspecified atom stereocenters. The fraction of sp³-hybridized carbons (Fsp3) is 0.158. The molecule has 1 heterocycles. The highest BCUT2D eigenvalue weighted by atomic mass is 16.4. The summed E-state index contributed by atoms with van der Waals surface area (Å²) < 4.78 is 5.48. The lowest BCUT2D eigenvalue weighted by Crippen LogP contribution is -1.99. The molecule has 0 saturated carbocycles. The summed E-state index contributed by atoms with van der Waals surface area (Å²) in [7, 11) is 0. The lowest BCUT2D eigenvalue weighted by Gasteiger charge is -2.03. The van der Waals surface area contributed by atoms with Crippen LogP contribution >= 0.6 is 0 Å². The van der Waals surface area contributed by atoms with Gasteiger partial charge in [0.1, 0.15) is 0 Å². The summed E-state index contributed by atoms with van der Waals surface area (Å²) in [5, 5.41) is 11.2. The van der Waals surface area contributed by atoms with Crippen LogP contribution in [0.3, 0.4) is 0 Å². The van der Waals surface area contributed by atoms with Gasteiger partial charge >= 0.3 is 0 Å². The van der Waals surface area contributed by atoms with E-state index in [4.69, 9.17) is 4.42 Å². The van der Waals surface area contributed by atoms with E-state index in [-0.39, 0.29) is 0 Å². The van der Waals surface area contributed by atoms with Crippen LogP contribution in [0.15, 0.2) is 59.0 Å². The Kier molecular flexibility index (Phi) is 4.70. The first-order chi connectivity index (χ1) is 11.3. The minimum absolute atomic E-state index is 0.503. The summed E-state index contributed by atoms with van der Waals surface area (Å²) in [5.41, 5.74) is 2.93. The van der Waals surface area contributed by atoms with Crippen molar-refractivity contribution < 1.29 is 4.42 Å². The molecule has 0 atom stereocenters. The molecular weight excluding hydrogens is 286 g/mol. The Hall–Kier alpha value is -3.06. The predicted molar refractivity (Wildman–Crippen MR) is 89.9 cm³/mol. The molecular formula is C19H17N3O. The van der Waals surface area contributed by atoms with E-state index in [1.54, 1.807) is 0 Å². The average molecular weight is 303 g/mol. The molecule has 23 heavy (non-hydrogen) atoms. The Bertz CT molecular complexity index is 828. The molecule has 3 aromatic rings. The summed E-state index contributed by atoms with van der Waals surface area (Å²) >= 11 is 0. The summed E-state index contributed by atoms with van der Waals surface area (Å²) in [4.78, 5) is 0.